The molecule has 0 spiro atoms. The zero-order chi connectivity index (χ0) is 5.98. The van der Waals surface area contributed by atoms with E-state index >= 15 is 0 Å². The molecule has 0 bridgehead atoms. The Morgan fingerprint density at radius 1 is 1.88 bits per heavy atom. The number of aromatic nitrogens is 1. The van der Waals surface area contributed by atoms with E-state index in [2.05, 4.69) is 10.9 Å². The fourth-order valence-corrected chi connectivity index (χ4v) is 1.07. The number of thiazole rings is 1. The van der Waals surface area contributed by atoms with Crippen molar-refractivity contribution >= 4 is 22.9 Å². The molecule has 0 N–H and O–H groups in total. The zero-order valence-corrected chi connectivity index (χ0v) is 5.46. The van der Waals surface area contributed by atoms with E-state index in [1.165, 1.54) is 11.3 Å². The van der Waals surface area contributed by atoms with Crippen LogP contribution in [0.3, 0.4) is 0 Å². The maximum atomic E-state index is 5.45. The van der Waals surface area contributed by atoms with Gasteiger partial charge >= 0.3 is 0 Å². The molecule has 0 amide bonds. The highest BCUT2D eigenvalue weighted by molar-refractivity contribution is 7.16. The van der Waals surface area contributed by atoms with Crippen LogP contribution >= 0.6 is 22.9 Å². The molecule has 40 valence electrons. The Bertz CT molecular complexity index is 223. The van der Waals surface area contributed by atoms with Crippen LogP contribution in [-0.4, -0.2) is 4.98 Å². The van der Waals surface area contributed by atoms with Gasteiger partial charge in [-0.3, -0.25) is 0 Å². The van der Waals surface area contributed by atoms with Crippen molar-refractivity contribution in [2.24, 2.45) is 0 Å². The molecular weight excluding hydrogens is 142 g/mol. The number of terminal acetylenes is 1. The minimum absolute atomic E-state index is 0.498. The summed E-state index contributed by atoms with van der Waals surface area (Å²) in [6.07, 6.45) is 6.60. The lowest BCUT2D eigenvalue weighted by Gasteiger charge is -1.66. The molecule has 0 saturated heterocycles. The van der Waals surface area contributed by atoms with Gasteiger partial charge < -0.3 is 0 Å². The van der Waals surface area contributed by atoms with Crippen LogP contribution in [0, 0.1) is 12.3 Å². The van der Waals surface area contributed by atoms with Gasteiger partial charge in [0.15, 0.2) is 4.47 Å². The fourth-order valence-electron chi connectivity index (χ4n) is 0.320. The van der Waals surface area contributed by atoms with Crippen LogP contribution in [0.4, 0.5) is 0 Å². The maximum absolute atomic E-state index is 5.45. The van der Waals surface area contributed by atoms with Crippen LogP contribution in [0.5, 0.6) is 0 Å². The number of hydrogen-bond donors (Lipinski definition) is 0. The summed E-state index contributed by atoms with van der Waals surface area (Å²) in [5.74, 6) is 2.42. The monoisotopic (exact) mass is 143 g/mol. The first-order chi connectivity index (χ1) is 3.83. The van der Waals surface area contributed by atoms with Gasteiger partial charge in [0.1, 0.15) is 0 Å². The molecule has 0 aliphatic carbocycles. The Morgan fingerprint density at radius 2 is 2.62 bits per heavy atom. The summed E-state index contributed by atoms with van der Waals surface area (Å²) in [6, 6.07) is 0. The molecule has 0 atom stereocenters. The van der Waals surface area contributed by atoms with Gasteiger partial charge in [0.2, 0.25) is 0 Å². The van der Waals surface area contributed by atoms with Crippen LogP contribution in [0.2, 0.25) is 4.47 Å². The molecule has 0 radical (unpaired) electrons. The maximum Gasteiger partial charge on any atom is 0.184 e. The summed E-state index contributed by atoms with van der Waals surface area (Å²) in [6.45, 7) is 0. The minimum Gasteiger partial charge on any atom is -0.232 e. The highest BCUT2D eigenvalue weighted by Crippen LogP contribution is 2.15. The summed E-state index contributed by atoms with van der Waals surface area (Å²) < 4.78 is 0.498. The topological polar surface area (TPSA) is 12.9 Å². The average Bonchev–Trinajstić information content (AvgIpc) is 2.14. The van der Waals surface area contributed by atoms with Crippen molar-refractivity contribution in [1.29, 1.82) is 0 Å². The summed E-state index contributed by atoms with van der Waals surface area (Å²) >= 11 is 6.76. The lowest BCUT2D eigenvalue weighted by atomic mass is 10.6. The number of rotatable bonds is 0. The lowest BCUT2D eigenvalue weighted by molar-refractivity contribution is 1.42. The molecule has 0 fully saturated rings. The van der Waals surface area contributed by atoms with E-state index in [1.807, 2.05) is 0 Å². The molecule has 0 aliphatic rings. The quantitative estimate of drug-likeness (QED) is 0.505. The first kappa shape index (κ1) is 5.61. The molecule has 0 aliphatic heterocycles. The molecule has 3 heteroatoms. The van der Waals surface area contributed by atoms with E-state index in [0.717, 1.165) is 4.88 Å². The molecule has 0 aromatic carbocycles. The Hall–Kier alpha value is -0.520. The predicted octanol–water partition coefficient (Wildman–Crippen LogP) is 1.78. The Morgan fingerprint density at radius 3 is 2.88 bits per heavy atom. The van der Waals surface area contributed by atoms with Gasteiger partial charge in [0, 0.05) is 0 Å². The SMILES string of the molecule is C#Cc1cnc(Cl)s1. The summed E-state index contributed by atoms with van der Waals surface area (Å²) in [5.41, 5.74) is 0. The van der Waals surface area contributed by atoms with Gasteiger partial charge in [-0.05, 0) is 0 Å². The zero-order valence-electron chi connectivity index (χ0n) is 3.89. The molecule has 1 heterocycles. The Kier molecular flexibility index (Phi) is 1.52. The van der Waals surface area contributed by atoms with Crippen LogP contribution in [0.1, 0.15) is 4.88 Å². The summed E-state index contributed by atoms with van der Waals surface area (Å²) in [5, 5.41) is 0. The second-order valence-corrected chi connectivity index (χ2v) is 2.73. The van der Waals surface area contributed by atoms with E-state index in [9.17, 15) is 0 Å². The van der Waals surface area contributed by atoms with Crippen molar-refractivity contribution in [3.8, 4) is 12.3 Å². The van der Waals surface area contributed by atoms with E-state index in [1.54, 1.807) is 6.20 Å². The molecule has 0 unspecified atom stereocenters. The third-order valence-corrected chi connectivity index (χ3v) is 1.67. The Balaban J connectivity index is 3.05. The van der Waals surface area contributed by atoms with Gasteiger partial charge in [-0.25, -0.2) is 4.98 Å². The molecule has 1 nitrogen and oxygen atoms in total. The van der Waals surface area contributed by atoms with E-state index in [-0.39, 0.29) is 0 Å². The van der Waals surface area contributed by atoms with Crippen molar-refractivity contribution < 1.29 is 0 Å². The van der Waals surface area contributed by atoms with Crippen LogP contribution in [0.25, 0.3) is 0 Å². The molecule has 0 saturated carbocycles. The van der Waals surface area contributed by atoms with Crippen LogP contribution < -0.4 is 0 Å². The van der Waals surface area contributed by atoms with Gasteiger partial charge in [-0.15, -0.1) is 6.42 Å². The second-order valence-electron chi connectivity index (χ2n) is 1.12. The number of hydrogen-bond acceptors (Lipinski definition) is 2. The largest absolute Gasteiger partial charge is 0.232 e. The van der Waals surface area contributed by atoms with Crippen molar-refractivity contribution in [1.82, 2.24) is 4.98 Å². The van der Waals surface area contributed by atoms with Gasteiger partial charge in [0.25, 0.3) is 0 Å². The first-order valence-corrected chi connectivity index (χ1v) is 3.10. The van der Waals surface area contributed by atoms with E-state index < -0.39 is 0 Å². The average molecular weight is 144 g/mol. The molecular formula is C5H2ClNS. The van der Waals surface area contributed by atoms with Crippen LogP contribution in [-0.2, 0) is 0 Å². The highest BCUT2D eigenvalue weighted by atomic mass is 35.5. The Labute approximate surface area is 56.3 Å². The normalized spacial score (nSPS) is 8.50. The van der Waals surface area contributed by atoms with Crippen molar-refractivity contribution in [2.45, 2.75) is 0 Å². The van der Waals surface area contributed by atoms with Crippen LogP contribution in [0.15, 0.2) is 6.20 Å². The standard InChI is InChI=1S/C5H2ClNS/c1-2-4-3-7-5(6)8-4/h1,3H. The third-order valence-electron chi connectivity index (χ3n) is 0.620. The van der Waals surface area contributed by atoms with Crippen molar-refractivity contribution in [3.05, 3.63) is 15.5 Å². The van der Waals surface area contributed by atoms with Crippen molar-refractivity contribution in [3.63, 3.8) is 0 Å². The second kappa shape index (κ2) is 2.17. The van der Waals surface area contributed by atoms with Crippen molar-refractivity contribution in [2.75, 3.05) is 0 Å². The molecule has 1 aromatic rings. The molecule has 8 heavy (non-hydrogen) atoms. The molecule has 1 aromatic heterocycles. The van der Waals surface area contributed by atoms with Gasteiger partial charge in [-0.2, -0.15) is 0 Å². The highest BCUT2D eigenvalue weighted by Gasteiger charge is 1.91. The smallest absolute Gasteiger partial charge is 0.184 e. The number of halogens is 1. The van der Waals surface area contributed by atoms with Gasteiger partial charge in [0.05, 0.1) is 11.1 Å². The number of nitrogens with zero attached hydrogens (tertiary/aromatic N) is 1. The van der Waals surface area contributed by atoms with E-state index in [4.69, 9.17) is 18.0 Å². The summed E-state index contributed by atoms with van der Waals surface area (Å²) in [7, 11) is 0. The van der Waals surface area contributed by atoms with Gasteiger partial charge in [-0.1, -0.05) is 28.9 Å². The fraction of sp³-hybridized carbons (Fsp3) is 0. The molecule has 1 rings (SSSR count). The first-order valence-electron chi connectivity index (χ1n) is 1.91. The van der Waals surface area contributed by atoms with E-state index in [0.29, 0.717) is 4.47 Å². The summed E-state index contributed by atoms with van der Waals surface area (Å²) in [4.78, 5) is 4.50. The predicted molar refractivity (Wildman–Crippen MR) is 35.1 cm³/mol. The minimum atomic E-state index is 0.498. The third kappa shape index (κ3) is 1.00. The lowest BCUT2D eigenvalue weighted by Crippen LogP contribution is -1.54.